The Kier molecular flexibility index (Phi) is 6.51. The lowest BCUT2D eigenvalue weighted by molar-refractivity contribution is 0.545. The lowest BCUT2D eigenvalue weighted by atomic mass is 9.12. The van der Waals surface area contributed by atoms with Gasteiger partial charge in [-0.05, 0) is 0 Å². The molecule has 0 nitrogen and oxygen atoms in total. The minimum Gasteiger partial charge on any atom is -0.210 e. The van der Waals surface area contributed by atoms with Crippen LogP contribution in [0.1, 0.15) is 1.43 Å². The van der Waals surface area contributed by atoms with Gasteiger partial charge in [0, 0.05) is 48.5 Å². The summed E-state index contributed by atoms with van der Waals surface area (Å²) in [6, 6.07) is -1.06. The maximum absolute atomic E-state index is 15.3. The summed E-state index contributed by atoms with van der Waals surface area (Å²) >= 11 is 0. The molecular formula is C24H9BF12. The fraction of sp³-hybridized carbons (Fsp3) is 0. The van der Waals surface area contributed by atoms with Gasteiger partial charge in [0.25, 0.3) is 0 Å². The van der Waals surface area contributed by atoms with E-state index < -0.39 is 97.8 Å². The van der Waals surface area contributed by atoms with Crippen molar-refractivity contribution in [2.45, 2.75) is 0 Å². The van der Waals surface area contributed by atoms with Gasteiger partial charge < -0.3 is 0 Å². The van der Waals surface area contributed by atoms with Gasteiger partial charge in [-0.1, -0.05) is 0 Å². The molecule has 4 rings (SSSR count). The second-order valence-corrected chi connectivity index (χ2v) is 8.00. The third-order valence-electron chi connectivity index (χ3n) is 5.91. The van der Waals surface area contributed by atoms with Gasteiger partial charge in [-0.25, -0.2) is 52.7 Å². The van der Waals surface area contributed by atoms with Crippen molar-refractivity contribution in [1.82, 2.24) is 0 Å². The summed E-state index contributed by atoms with van der Waals surface area (Å²) in [5, 5.41) is 0. The Morgan fingerprint density at radius 2 is 0.432 bits per heavy atom. The summed E-state index contributed by atoms with van der Waals surface area (Å²) in [5.74, 6) is -23.8. The molecule has 13 heteroatoms. The SMILES string of the molecule is Fc1cc(F)c([B-](c2c(F)cc(F)cc2F)(c2c(F)cc(F)cc2F)c2c(F)cc(F)cc2F)c(F)c1.[H+]. The molecule has 0 unspecified atom stereocenters. The van der Waals surface area contributed by atoms with Crippen molar-refractivity contribution in [3.8, 4) is 0 Å². The highest BCUT2D eigenvalue weighted by molar-refractivity contribution is 7.20. The molecule has 4 aromatic carbocycles. The molecule has 0 N–H and O–H groups in total. The first-order chi connectivity index (χ1) is 17.3. The largest absolute Gasteiger partial charge is 1.00 e. The molecule has 192 valence electrons. The van der Waals surface area contributed by atoms with Crippen LogP contribution < -0.4 is 21.9 Å². The first-order valence-corrected chi connectivity index (χ1v) is 10.0. The van der Waals surface area contributed by atoms with Crippen LogP contribution in [0.15, 0.2) is 48.5 Å². The fourth-order valence-corrected chi connectivity index (χ4v) is 4.73. The van der Waals surface area contributed by atoms with Crippen molar-refractivity contribution in [1.29, 1.82) is 0 Å². The van der Waals surface area contributed by atoms with Gasteiger partial charge in [-0.15, -0.1) is 21.9 Å². The van der Waals surface area contributed by atoms with Crippen molar-refractivity contribution in [3.05, 3.63) is 118 Å². The standard InChI is InChI=1S/C24H8BF12/c26-9-1-13(30)21(14(31)2-9)25(22-15(32)3-10(27)4-16(22)33,23-17(34)5-11(28)6-18(23)35)24-19(36)7-12(29)8-20(24)37/h1-8H/q-1/p+1. The van der Waals surface area contributed by atoms with E-state index in [2.05, 4.69) is 0 Å². The Bertz CT molecular complexity index is 1240. The van der Waals surface area contributed by atoms with E-state index >= 15 is 35.1 Å². The van der Waals surface area contributed by atoms with Gasteiger partial charge in [0.15, 0.2) is 0 Å². The zero-order valence-electron chi connectivity index (χ0n) is 18.7. The van der Waals surface area contributed by atoms with Crippen LogP contribution in [0.25, 0.3) is 0 Å². The Balaban J connectivity index is 0.00000400. The minimum absolute atomic E-state index is 0. The normalized spacial score (nSPS) is 11.8. The summed E-state index contributed by atoms with van der Waals surface area (Å²) in [6.07, 6.45) is -5.14. The van der Waals surface area contributed by atoms with Gasteiger partial charge >= 0.3 is 1.43 Å². The van der Waals surface area contributed by atoms with Crippen LogP contribution in [0.4, 0.5) is 52.7 Å². The van der Waals surface area contributed by atoms with Crippen LogP contribution in [-0.4, -0.2) is 6.15 Å². The second kappa shape index (κ2) is 9.20. The molecule has 0 amide bonds. The zero-order chi connectivity index (χ0) is 27.4. The zero-order valence-corrected chi connectivity index (χ0v) is 17.7. The monoisotopic (exact) mass is 536 g/mol. The molecule has 0 aliphatic carbocycles. The highest BCUT2D eigenvalue weighted by atomic mass is 19.2. The van der Waals surface area contributed by atoms with E-state index in [0.717, 1.165) is 0 Å². The predicted molar refractivity (Wildman–Crippen MR) is 111 cm³/mol. The molecule has 0 bridgehead atoms. The van der Waals surface area contributed by atoms with Gasteiger partial charge in [0.1, 0.15) is 29.4 Å². The lowest BCUT2D eigenvalue weighted by Crippen LogP contribution is -2.80. The van der Waals surface area contributed by atoms with E-state index in [-0.39, 0.29) is 50.0 Å². The number of hydrogen-bond donors (Lipinski definition) is 0. The highest BCUT2D eigenvalue weighted by Gasteiger charge is 2.46. The van der Waals surface area contributed by atoms with E-state index in [1.165, 1.54) is 0 Å². The van der Waals surface area contributed by atoms with Crippen molar-refractivity contribution in [2.24, 2.45) is 0 Å². The molecule has 0 atom stereocenters. The smallest absolute Gasteiger partial charge is 0.210 e. The lowest BCUT2D eigenvalue weighted by Gasteiger charge is -2.44. The molecule has 0 heterocycles. The summed E-state index contributed by atoms with van der Waals surface area (Å²) in [4.78, 5) is 0. The molecule has 0 aliphatic heterocycles. The van der Waals surface area contributed by atoms with E-state index in [0.29, 0.717) is 0 Å². The van der Waals surface area contributed by atoms with Crippen molar-refractivity contribution < 1.29 is 54.1 Å². The van der Waals surface area contributed by atoms with E-state index in [1.807, 2.05) is 0 Å². The molecular weight excluding hydrogens is 527 g/mol. The molecule has 0 spiro atoms. The van der Waals surface area contributed by atoms with Crippen molar-refractivity contribution >= 4 is 28.0 Å². The number of rotatable bonds is 4. The third kappa shape index (κ3) is 4.11. The molecule has 0 saturated heterocycles. The minimum atomic E-state index is -5.14. The average Bonchev–Trinajstić information content (AvgIpc) is 2.70. The quantitative estimate of drug-likeness (QED) is 0.259. The van der Waals surface area contributed by atoms with E-state index in [4.69, 9.17) is 0 Å². The summed E-state index contributed by atoms with van der Waals surface area (Å²) in [5.41, 5.74) is -7.56. The maximum Gasteiger partial charge on any atom is 1.00 e. The van der Waals surface area contributed by atoms with Crippen LogP contribution >= 0.6 is 0 Å². The summed E-state index contributed by atoms with van der Waals surface area (Å²) < 4.78 is 177. The summed E-state index contributed by atoms with van der Waals surface area (Å²) in [7, 11) is 0. The van der Waals surface area contributed by atoms with E-state index in [1.54, 1.807) is 0 Å². The Morgan fingerprint density at radius 1 is 0.297 bits per heavy atom. The fourth-order valence-electron chi connectivity index (χ4n) is 4.73. The molecule has 0 fully saturated rings. The van der Waals surface area contributed by atoms with Crippen molar-refractivity contribution in [3.63, 3.8) is 0 Å². The Hall–Kier alpha value is -3.90. The molecule has 0 aliphatic rings. The molecule has 0 aromatic heterocycles. The first kappa shape index (κ1) is 26.2. The molecule has 0 saturated carbocycles. The molecule has 4 aromatic rings. The number of hydrogen-bond acceptors (Lipinski definition) is 0. The van der Waals surface area contributed by atoms with Crippen LogP contribution in [0.5, 0.6) is 0 Å². The number of benzene rings is 4. The Labute approximate surface area is 201 Å². The summed E-state index contributed by atoms with van der Waals surface area (Å²) in [6.45, 7) is 0. The maximum atomic E-state index is 15.3. The van der Waals surface area contributed by atoms with E-state index in [9.17, 15) is 17.6 Å². The highest BCUT2D eigenvalue weighted by Crippen LogP contribution is 2.23. The average molecular weight is 536 g/mol. The molecule has 0 radical (unpaired) electrons. The Morgan fingerprint density at radius 3 is 0.568 bits per heavy atom. The van der Waals surface area contributed by atoms with Gasteiger partial charge in [0.2, 0.25) is 0 Å². The third-order valence-corrected chi connectivity index (χ3v) is 5.91. The van der Waals surface area contributed by atoms with Crippen LogP contribution in [0, 0.1) is 69.8 Å². The van der Waals surface area contributed by atoms with Crippen LogP contribution in [-0.2, 0) is 0 Å². The number of halogens is 12. The van der Waals surface area contributed by atoms with Gasteiger partial charge in [-0.3, -0.25) is 0 Å². The second-order valence-electron chi connectivity index (χ2n) is 8.00. The van der Waals surface area contributed by atoms with Gasteiger partial charge in [-0.2, -0.15) is 0 Å². The van der Waals surface area contributed by atoms with Crippen molar-refractivity contribution in [2.75, 3.05) is 0 Å². The first-order valence-electron chi connectivity index (χ1n) is 10.0. The van der Waals surface area contributed by atoms with Crippen LogP contribution in [0.3, 0.4) is 0 Å². The topological polar surface area (TPSA) is 0 Å². The van der Waals surface area contributed by atoms with Crippen LogP contribution in [0.2, 0.25) is 0 Å². The van der Waals surface area contributed by atoms with Gasteiger partial charge in [0.05, 0.1) is 46.5 Å². The molecule has 37 heavy (non-hydrogen) atoms. The predicted octanol–water partition coefficient (Wildman–Crippen LogP) is 4.85.